The van der Waals surface area contributed by atoms with Crippen molar-refractivity contribution in [2.45, 2.75) is 39.7 Å². The van der Waals surface area contributed by atoms with Gasteiger partial charge in [-0.3, -0.25) is 9.69 Å². The van der Waals surface area contributed by atoms with E-state index in [2.05, 4.69) is 25.7 Å². The summed E-state index contributed by atoms with van der Waals surface area (Å²) in [5.41, 5.74) is 0.319. The summed E-state index contributed by atoms with van der Waals surface area (Å²) in [4.78, 5) is 13.0. The highest BCUT2D eigenvalue weighted by molar-refractivity contribution is 7.99. The van der Waals surface area contributed by atoms with Crippen LogP contribution in [0.15, 0.2) is 0 Å². The van der Waals surface area contributed by atoms with Crippen LogP contribution < -0.4 is 0 Å². The van der Waals surface area contributed by atoms with Gasteiger partial charge in [-0.2, -0.15) is 11.8 Å². The number of carboxylic acids is 1. The summed E-state index contributed by atoms with van der Waals surface area (Å²) in [6, 6.07) is 0.524. The number of nitrogens with zero attached hydrogens (tertiary/aromatic N) is 1. The predicted molar refractivity (Wildman–Crippen MR) is 69.0 cm³/mol. The maximum Gasteiger partial charge on any atom is 0.304 e. The van der Waals surface area contributed by atoms with Crippen molar-refractivity contribution < 1.29 is 9.90 Å². The predicted octanol–water partition coefficient (Wildman–Crippen LogP) is 2.31. The summed E-state index contributed by atoms with van der Waals surface area (Å²) in [6.07, 6.45) is 1.48. The van der Waals surface area contributed by atoms with Crippen molar-refractivity contribution in [1.29, 1.82) is 0 Å². The van der Waals surface area contributed by atoms with Crippen LogP contribution in [-0.4, -0.2) is 46.6 Å². The first-order valence-corrected chi connectivity index (χ1v) is 7.16. The van der Waals surface area contributed by atoms with E-state index in [1.54, 1.807) is 0 Å². The molecule has 1 aliphatic rings. The maximum atomic E-state index is 10.6. The third kappa shape index (κ3) is 3.67. The van der Waals surface area contributed by atoms with Crippen LogP contribution in [0.1, 0.15) is 33.6 Å². The Bertz CT molecular complexity index is 243. The second-order valence-corrected chi connectivity index (χ2v) is 6.25. The van der Waals surface area contributed by atoms with Gasteiger partial charge in [-0.15, -0.1) is 0 Å². The molecule has 1 aliphatic heterocycles. The number of thioether (sulfide) groups is 1. The summed E-state index contributed by atoms with van der Waals surface area (Å²) >= 11 is 1.99. The Morgan fingerprint density at radius 1 is 1.56 bits per heavy atom. The fourth-order valence-electron chi connectivity index (χ4n) is 2.30. The van der Waals surface area contributed by atoms with E-state index in [0.717, 1.165) is 12.3 Å². The molecule has 1 N–H and O–H groups in total. The summed E-state index contributed by atoms with van der Waals surface area (Å²) < 4.78 is 0. The smallest absolute Gasteiger partial charge is 0.304 e. The minimum Gasteiger partial charge on any atom is -0.481 e. The van der Waals surface area contributed by atoms with Crippen LogP contribution in [0, 0.1) is 5.41 Å². The number of rotatable bonds is 5. The second-order valence-electron chi connectivity index (χ2n) is 5.10. The molecule has 3 nitrogen and oxygen atoms in total. The van der Waals surface area contributed by atoms with Crippen molar-refractivity contribution in [3.05, 3.63) is 0 Å². The molecule has 0 amide bonds. The Balaban J connectivity index is 2.59. The molecule has 0 aliphatic carbocycles. The fourth-order valence-corrected chi connectivity index (χ4v) is 4.02. The molecular formula is C12H23NO2S. The zero-order valence-corrected chi connectivity index (χ0v) is 11.3. The van der Waals surface area contributed by atoms with Crippen LogP contribution in [0.5, 0.6) is 0 Å². The maximum absolute atomic E-state index is 10.6. The van der Waals surface area contributed by atoms with Crippen LogP contribution in [-0.2, 0) is 4.79 Å². The van der Waals surface area contributed by atoms with E-state index in [9.17, 15) is 4.79 Å². The average molecular weight is 245 g/mol. The molecule has 0 saturated carbocycles. The molecule has 1 heterocycles. The van der Waals surface area contributed by atoms with E-state index in [-0.39, 0.29) is 6.42 Å². The van der Waals surface area contributed by atoms with Crippen molar-refractivity contribution >= 4 is 17.7 Å². The van der Waals surface area contributed by atoms with Crippen LogP contribution >= 0.6 is 11.8 Å². The number of carboxylic acid groups (broad SMARTS) is 1. The molecule has 0 aromatic carbocycles. The van der Waals surface area contributed by atoms with Gasteiger partial charge >= 0.3 is 5.97 Å². The molecule has 1 fully saturated rings. The lowest BCUT2D eigenvalue weighted by Crippen LogP contribution is -2.49. The van der Waals surface area contributed by atoms with Gasteiger partial charge < -0.3 is 5.11 Å². The van der Waals surface area contributed by atoms with Gasteiger partial charge in [0.2, 0.25) is 0 Å². The van der Waals surface area contributed by atoms with Crippen molar-refractivity contribution in [1.82, 2.24) is 4.90 Å². The summed E-state index contributed by atoms with van der Waals surface area (Å²) in [5, 5.41) is 8.75. The summed E-state index contributed by atoms with van der Waals surface area (Å²) in [5.74, 6) is 1.68. The Morgan fingerprint density at radius 3 is 2.75 bits per heavy atom. The highest BCUT2D eigenvalue weighted by Gasteiger charge is 2.35. The third-order valence-corrected chi connectivity index (χ3v) is 4.57. The molecule has 1 saturated heterocycles. The van der Waals surface area contributed by atoms with Crippen LogP contribution in [0.2, 0.25) is 0 Å². The average Bonchev–Trinajstić information content (AvgIpc) is 2.20. The van der Waals surface area contributed by atoms with Gasteiger partial charge in [-0.1, -0.05) is 20.8 Å². The van der Waals surface area contributed by atoms with Gasteiger partial charge in [0.1, 0.15) is 0 Å². The van der Waals surface area contributed by atoms with Gasteiger partial charge in [0.15, 0.2) is 0 Å². The molecule has 0 aromatic heterocycles. The van der Waals surface area contributed by atoms with Gasteiger partial charge in [0.25, 0.3) is 0 Å². The lowest BCUT2D eigenvalue weighted by atomic mass is 9.81. The Labute approximate surface area is 103 Å². The quantitative estimate of drug-likeness (QED) is 0.807. The van der Waals surface area contributed by atoms with Gasteiger partial charge in [0, 0.05) is 18.3 Å². The highest BCUT2D eigenvalue weighted by Crippen LogP contribution is 2.37. The van der Waals surface area contributed by atoms with E-state index in [0.29, 0.717) is 18.0 Å². The zero-order chi connectivity index (χ0) is 12.2. The van der Waals surface area contributed by atoms with Crippen molar-refractivity contribution in [3.8, 4) is 0 Å². The molecule has 1 rings (SSSR count). The van der Waals surface area contributed by atoms with E-state index in [1.807, 2.05) is 11.8 Å². The first-order chi connectivity index (χ1) is 7.47. The first kappa shape index (κ1) is 13.8. The number of carbonyl (C=O) groups is 1. The minimum atomic E-state index is -0.695. The zero-order valence-electron chi connectivity index (χ0n) is 10.5. The van der Waals surface area contributed by atoms with Crippen molar-refractivity contribution in [2.75, 3.05) is 24.6 Å². The molecule has 0 radical (unpaired) electrons. The summed E-state index contributed by atoms with van der Waals surface area (Å²) in [6.45, 7) is 8.36. The number of aliphatic carboxylic acids is 1. The third-order valence-electron chi connectivity index (χ3n) is 3.53. The number of hydrogen-bond acceptors (Lipinski definition) is 3. The number of hydrogen-bond donors (Lipinski definition) is 1. The van der Waals surface area contributed by atoms with Crippen LogP contribution in [0.4, 0.5) is 0 Å². The van der Waals surface area contributed by atoms with Gasteiger partial charge in [-0.25, -0.2) is 0 Å². The lowest BCUT2D eigenvalue weighted by molar-refractivity contribution is -0.137. The summed E-state index contributed by atoms with van der Waals surface area (Å²) in [7, 11) is 0. The highest BCUT2D eigenvalue weighted by atomic mass is 32.2. The van der Waals surface area contributed by atoms with E-state index >= 15 is 0 Å². The molecule has 16 heavy (non-hydrogen) atoms. The molecule has 0 aromatic rings. The SMILES string of the molecule is CCN(CCC(=O)O)C1CSCCC1(C)C. The van der Waals surface area contributed by atoms with Gasteiger partial charge in [-0.05, 0) is 24.1 Å². The second kappa shape index (κ2) is 5.92. The minimum absolute atomic E-state index is 0.255. The molecular weight excluding hydrogens is 222 g/mol. The fraction of sp³-hybridized carbons (Fsp3) is 0.917. The molecule has 1 unspecified atom stereocenters. The van der Waals surface area contributed by atoms with E-state index in [4.69, 9.17) is 5.11 Å². The molecule has 94 valence electrons. The van der Waals surface area contributed by atoms with Crippen LogP contribution in [0.3, 0.4) is 0 Å². The topological polar surface area (TPSA) is 40.5 Å². The molecule has 0 spiro atoms. The monoisotopic (exact) mass is 245 g/mol. The van der Waals surface area contributed by atoms with E-state index in [1.165, 1.54) is 12.2 Å². The Kier molecular flexibility index (Phi) is 5.12. The largest absolute Gasteiger partial charge is 0.481 e. The lowest BCUT2D eigenvalue weighted by Gasteiger charge is -2.44. The normalized spacial score (nSPS) is 24.6. The molecule has 4 heteroatoms. The van der Waals surface area contributed by atoms with Gasteiger partial charge in [0.05, 0.1) is 6.42 Å². The van der Waals surface area contributed by atoms with Crippen LogP contribution in [0.25, 0.3) is 0 Å². The first-order valence-electron chi connectivity index (χ1n) is 6.01. The Morgan fingerprint density at radius 2 is 2.25 bits per heavy atom. The standard InChI is InChI=1S/C12H23NO2S/c1-4-13(7-5-11(14)15)10-9-16-8-6-12(10,2)3/h10H,4-9H2,1-3H3,(H,14,15). The van der Waals surface area contributed by atoms with Crippen molar-refractivity contribution in [3.63, 3.8) is 0 Å². The molecule has 0 bridgehead atoms. The molecule has 1 atom stereocenters. The van der Waals surface area contributed by atoms with E-state index < -0.39 is 5.97 Å². The van der Waals surface area contributed by atoms with Crippen molar-refractivity contribution in [2.24, 2.45) is 5.41 Å². The Hall–Kier alpha value is -0.220.